The standard InChI is InChI=1S/C14H26N2O5/c1-2-3-5-19-7-9-21-10-8-20-6-4-16-13(17)11-15-12-14(16)18/h15H,2-12H2,1H3. The number of nitrogens with one attached hydrogen (secondary N) is 1. The van der Waals surface area contributed by atoms with Gasteiger partial charge in [-0.2, -0.15) is 0 Å². The maximum Gasteiger partial charge on any atom is 0.243 e. The SMILES string of the molecule is CCCCOCCOCCOCCN1C(=O)CNCC1=O. The molecule has 21 heavy (non-hydrogen) atoms. The Balaban J connectivity index is 1.88. The highest BCUT2D eigenvalue weighted by Crippen LogP contribution is 1.96. The average Bonchev–Trinajstić information content (AvgIpc) is 2.47. The van der Waals surface area contributed by atoms with Crippen molar-refractivity contribution >= 4 is 11.8 Å². The zero-order chi connectivity index (χ0) is 15.3. The number of ether oxygens (including phenoxy) is 3. The molecule has 0 unspecified atom stereocenters. The Kier molecular flexibility index (Phi) is 9.98. The molecule has 1 aliphatic heterocycles. The molecule has 2 amide bonds. The second-order valence-electron chi connectivity index (χ2n) is 4.73. The zero-order valence-electron chi connectivity index (χ0n) is 12.8. The maximum atomic E-state index is 11.5. The fourth-order valence-electron chi connectivity index (χ4n) is 1.80. The summed E-state index contributed by atoms with van der Waals surface area (Å²) in [7, 11) is 0. The van der Waals surface area contributed by atoms with Gasteiger partial charge in [-0.1, -0.05) is 13.3 Å². The van der Waals surface area contributed by atoms with Gasteiger partial charge in [-0.15, -0.1) is 0 Å². The summed E-state index contributed by atoms with van der Waals surface area (Å²) in [4.78, 5) is 24.2. The van der Waals surface area contributed by atoms with E-state index in [4.69, 9.17) is 14.2 Å². The summed E-state index contributed by atoms with van der Waals surface area (Å²) in [6.45, 7) is 6.07. The first-order chi connectivity index (χ1) is 10.3. The van der Waals surface area contributed by atoms with Crippen LogP contribution in [0.3, 0.4) is 0 Å². The van der Waals surface area contributed by atoms with Crippen molar-refractivity contribution in [3.63, 3.8) is 0 Å². The molecule has 0 bridgehead atoms. The van der Waals surface area contributed by atoms with Crippen molar-refractivity contribution in [1.82, 2.24) is 10.2 Å². The molecule has 1 N–H and O–H groups in total. The zero-order valence-corrected chi connectivity index (χ0v) is 12.8. The summed E-state index contributed by atoms with van der Waals surface area (Å²) >= 11 is 0. The lowest BCUT2D eigenvalue weighted by Gasteiger charge is -2.25. The number of carbonyl (C=O) groups excluding carboxylic acids is 2. The molecule has 0 aromatic heterocycles. The van der Waals surface area contributed by atoms with Crippen LogP contribution >= 0.6 is 0 Å². The highest BCUT2D eigenvalue weighted by molar-refractivity contribution is 5.99. The van der Waals surface area contributed by atoms with E-state index in [0.29, 0.717) is 39.6 Å². The van der Waals surface area contributed by atoms with E-state index in [1.54, 1.807) is 0 Å². The molecule has 1 saturated heterocycles. The van der Waals surface area contributed by atoms with Crippen LogP contribution in [-0.2, 0) is 23.8 Å². The summed E-state index contributed by atoms with van der Waals surface area (Å²) in [6, 6.07) is 0. The van der Waals surface area contributed by atoms with Gasteiger partial charge in [-0.25, -0.2) is 0 Å². The van der Waals surface area contributed by atoms with Gasteiger partial charge in [0.05, 0.1) is 52.7 Å². The number of hydrogen-bond acceptors (Lipinski definition) is 6. The summed E-state index contributed by atoms with van der Waals surface area (Å²) in [5, 5.41) is 2.74. The quantitative estimate of drug-likeness (QED) is 0.397. The van der Waals surface area contributed by atoms with E-state index >= 15 is 0 Å². The van der Waals surface area contributed by atoms with Crippen molar-refractivity contribution in [2.45, 2.75) is 19.8 Å². The molecule has 1 aliphatic rings. The van der Waals surface area contributed by atoms with Crippen LogP contribution in [0.5, 0.6) is 0 Å². The lowest BCUT2D eigenvalue weighted by atomic mass is 10.3. The van der Waals surface area contributed by atoms with Crippen molar-refractivity contribution < 1.29 is 23.8 Å². The average molecular weight is 302 g/mol. The number of piperazine rings is 1. The van der Waals surface area contributed by atoms with E-state index in [-0.39, 0.29) is 24.9 Å². The van der Waals surface area contributed by atoms with Gasteiger partial charge < -0.3 is 14.2 Å². The minimum Gasteiger partial charge on any atom is -0.379 e. The van der Waals surface area contributed by atoms with E-state index in [9.17, 15) is 9.59 Å². The van der Waals surface area contributed by atoms with E-state index in [1.165, 1.54) is 4.90 Å². The molecule has 0 saturated carbocycles. The second kappa shape index (κ2) is 11.6. The molecular formula is C14H26N2O5. The summed E-state index contributed by atoms with van der Waals surface area (Å²) in [6.07, 6.45) is 2.21. The topological polar surface area (TPSA) is 77.1 Å². The number of nitrogens with zero attached hydrogens (tertiary/aromatic N) is 1. The molecule has 0 radical (unpaired) electrons. The molecule has 122 valence electrons. The number of rotatable bonds is 12. The first-order valence-corrected chi connectivity index (χ1v) is 7.53. The van der Waals surface area contributed by atoms with Crippen LogP contribution in [0.1, 0.15) is 19.8 Å². The Morgan fingerprint density at radius 3 is 2.00 bits per heavy atom. The Bertz CT molecular complexity index is 296. The van der Waals surface area contributed by atoms with Crippen molar-refractivity contribution in [2.75, 3.05) is 59.3 Å². The third-order valence-electron chi connectivity index (χ3n) is 3.00. The van der Waals surface area contributed by atoms with Crippen molar-refractivity contribution in [2.24, 2.45) is 0 Å². The number of amides is 2. The number of carbonyl (C=O) groups is 2. The van der Waals surface area contributed by atoms with Gasteiger partial charge >= 0.3 is 0 Å². The first-order valence-electron chi connectivity index (χ1n) is 7.53. The van der Waals surface area contributed by atoms with Gasteiger partial charge in [0.25, 0.3) is 0 Å². The fraction of sp³-hybridized carbons (Fsp3) is 0.857. The third kappa shape index (κ3) is 8.11. The molecule has 0 aromatic rings. The van der Waals surface area contributed by atoms with Gasteiger partial charge in [0.15, 0.2) is 0 Å². The minimum atomic E-state index is -0.199. The Morgan fingerprint density at radius 2 is 1.43 bits per heavy atom. The van der Waals surface area contributed by atoms with Crippen LogP contribution in [0, 0.1) is 0 Å². The number of hydrogen-bond donors (Lipinski definition) is 1. The van der Waals surface area contributed by atoms with Gasteiger partial charge in [-0.3, -0.25) is 19.8 Å². The summed E-state index contributed by atoms with van der Waals surface area (Å²) < 4.78 is 16.0. The lowest BCUT2D eigenvalue weighted by molar-refractivity contribution is -0.147. The van der Waals surface area contributed by atoms with Crippen LogP contribution in [0.15, 0.2) is 0 Å². The molecule has 0 atom stereocenters. The molecule has 1 rings (SSSR count). The monoisotopic (exact) mass is 302 g/mol. The van der Waals surface area contributed by atoms with Gasteiger partial charge in [-0.05, 0) is 6.42 Å². The largest absolute Gasteiger partial charge is 0.379 e. The fourth-order valence-corrected chi connectivity index (χ4v) is 1.80. The van der Waals surface area contributed by atoms with Crippen LogP contribution in [0.4, 0.5) is 0 Å². The van der Waals surface area contributed by atoms with Crippen LogP contribution in [-0.4, -0.2) is 76.0 Å². The molecular weight excluding hydrogens is 276 g/mol. The molecule has 7 heteroatoms. The third-order valence-corrected chi connectivity index (χ3v) is 3.00. The summed E-state index contributed by atoms with van der Waals surface area (Å²) in [5.41, 5.74) is 0. The molecule has 1 fully saturated rings. The smallest absolute Gasteiger partial charge is 0.243 e. The van der Waals surface area contributed by atoms with Gasteiger partial charge in [0.1, 0.15) is 0 Å². The lowest BCUT2D eigenvalue weighted by Crippen LogP contribution is -2.52. The molecule has 7 nitrogen and oxygen atoms in total. The first kappa shape index (κ1) is 18.0. The van der Waals surface area contributed by atoms with Crippen LogP contribution in [0.25, 0.3) is 0 Å². The normalized spacial score (nSPS) is 15.8. The van der Waals surface area contributed by atoms with Crippen molar-refractivity contribution in [3.8, 4) is 0 Å². The predicted molar refractivity (Wildman–Crippen MR) is 77.0 cm³/mol. The minimum absolute atomic E-state index is 0.199. The Labute approximate surface area is 125 Å². The van der Waals surface area contributed by atoms with Crippen LogP contribution < -0.4 is 5.32 Å². The summed E-state index contributed by atoms with van der Waals surface area (Å²) in [5.74, 6) is -0.398. The van der Waals surface area contributed by atoms with E-state index in [1.807, 2.05) is 0 Å². The van der Waals surface area contributed by atoms with E-state index < -0.39 is 0 Å². The van der Waals surface area contributed by atoms with E-state index in [0.717, 1.165) is 19.4 Å². The molecule has 0 aromatic carbocycles. The number of imide groups is 1. The van der Waals surface area contributed by atoms with Crippen molar-refractivity contribution in [1.29, 1.82) is 0 Å². The highest BCUT2D eigenvalue weighted by atomic mass is 16.5. The van der Waals surface area contributed by atoms with Crippen molar-refractivity contribution in [3.05, 3.63) is 0 Å². The highest BCUT2D eigenvalue weighted by Gasteiger charge is 2.24. The Morgan fingerprint density at radius 1 is 0.905 bits per heavy atom. The Hall–Kier alpha value is -1.02. The van der Waals surface area contributed by atoms with Gasteiger partial charge in [0, 0.05) is 6.61 Å². The van der Waals surface area contributed by atoms with E-state index in [2.05, 4.69) is 12.2 Å². The molecule has 0 spiro atoms. The molecule has 0 aliphatic carbocycles. The maximum absolute atomic E-state index is 11.5. The predicted octanol–water partition coefficient (Wildman–Crippen LogP) is -0.205. The van der Waals surface area contributed by atoms with Crippen LogP contribution in [0.2, 0.25) is 0 Å². The second-order valence-corrected chi connectivity index (χ2v) is 4.73. The molecule has 1 heterocycles. The number of unbranched alkanes of at least 4 members (excludes halogenated alkanes) is 1. The van der Waals surface area contributed by atoms with Gasteiger partial charge in [0.2, 0.25) is 11.8 Å².